The molecule has 102 valence electrons. The molecule has 3 nitrogen and oxygen atoms in total. The van der Waals surface area contributed by atoms with E-state index in [1.165, 1.54) is 32.1 Å². The average Bonchev–Trinajstić information content (AvgIpc) is 2.29. The van der Waals surface area contributed by atoms with Gasteiger partial charge < -0.3 is 5.32 Å². The molecule has 0 atom stereocenters. The molecule has 0 bridgehead atoms. The minimum Gasteiger partial charge on any atom is -0.316 e. The summed E-state index contributed by atoms with van der Waals surface area (Å²) in [7, 11) is -2.78. The van der Waals surface area contributed by atoms with Crippen molar-refractivity contribution in [1.29, 1.82) is 0 Å². The third kappa shape index (κ3) is 5.87. The van der Waals surface area contributed by atoms with Crippen LogP contribution in [0.4, 0.5) is 0 Å². The normalized spacial score (nSPS) is 20.4. The lowest BCUT2D eigenvalue weighted by molar-refractivity contribution is 0.208. The van der Waals surface area contributed by atoms with Crippen LogP contribution in [0.5, 0.6) is 0 Å². The topological polar surface area (TPSA) is 46.2 Å². The highest BCUT2D eigenvalue weighted by Gasteiger charge is 2.25. The lowest BCUT2D eigenvalue weighted by Gasteiger charge is -2.33. The third-order valence-electron chi connectivity index (χ3n) is 3.86. The number of hydrogen-bond donors (Lipinski definition) is 1. The van der Waals surface area contributed by atoms with Gasteiger partial charge in [0.1, 0.15) is 9.84 Å². The third-order valence-corrected chi connectivity index (χ3v) is 5.65. The molecule has 0 spiro atoms. The van der Waals surface area contributed by atoms with Gasteiger partial charge in [0.2, 0.25) is 0 Å². The molecule has 1 saturated carbocycles. The maximum Gasteiger partial charge on any atom is 0.150 e. The van der Waals surface area contributed by atoms with Crippen LogP contribution in [0.25, 0.3) is 0 Å². The van der Waals surface area contributed by atoms with E-state index in [1.807, 2.05) is 0 Å². The molecule has 1 fully saturated rings. The van der Waals surface area contributed by atoms with Crippen LogP contribution in [-0.4, -0.2) is 33.0 Å². The van der Waals surface area contributed by atoms with E-state index in [0.717, 1.165) is 19.5 Å². The highest BCUT2D eigenvalue weighted by molar-refractivity contribution is 7.91. The average molecular weight is 261 g/mol. The summed E-state index contributed by atoms with van der Waals surface area (Å²) in [5, 5.41) is 3.43. The van der Waals surface area contributed by atoms with Crippen LogP contribution >= 0.6 is 0 Å². The summed E-state index contributed by atoms with van der Waals surface area (Å²) in [5.41, 5.74) is 0.446. The second-order valence-electron chi connectivity index (χ2n) is 5.64. The second-order valence-corrected chi connectivity index (χ2v) is 8.11. The Morgan fingerprint density at radius 2 is 1.82 bits per heavy atom. The van der Waals surface area contributed by atoms with E-state index in [-0.39, 0.29) is 5.75 Å². The highest BCUT2D eigenvalue weighted by Crippen LogP contribution is 2.34. The lowest BCUT2D eigenvalue weighted by atomic mass is 9.76. The van der Waals surface area contributed by atoms with Gasteiger partial charge in [-0.15, -0.1) is 0 Å². The van der Waals surface area contributed by atoms with Gasteiger partial charge in [-0.25, -0.2) is 8.42 Å². The van der Waals surface area contributed by atoms with Gasteiger partial charge in [-0.3, -0.25) is 0 Å². The molecule has 0 aromatic carbocycles. The van der Waals surface area contributed by atoms with Crippen molar-refractivity contribution in [3.8, 4) is 0 Å². The molecule has 0 unspecified atom stereocenters. The largest absolute Gasteiger partial charge is 0.316 e. The van der Waals surface area contributed by atoms with E-state index in [4.69, 9.17) is 0 Å². The van der Waals surface area contributed by atoms with Gasteiger partial charge in [-0.05, 0) is 31.2 Å². The summed E-state index contributed by atoms with van der Waals surface area (Å²) in [5.74, 6) is 0.595. The monoisotopic (exact) mass is 261 g/mol. The van der Waals surface area contributed by atoms with Gasteiger partial charge in [-0.1, -0.05) is 33.1 Å². The van der Waals surface area contributed by atoms with Crippen molar-refractivity contribution in [2.24, 2.45) is 5.41 Å². The Morgan fingerprint density at radius 3 is 2.41 bits per heavy atom. The predicted octanol–water partition coefficient (Wildman–Crippen LogP) is 2.37. The van der Waals surface area contributed by atoms with E-state index in [9.17, 15) is 8.42 Å². The SMILES string of the molecule is CCS(=O)(=O)CCCNCC1(C)CCCCC1. The molecule has 0 amide bonds. The van der Waals surface area contributed by atoms with Crippen molar-refractivity contribution >= 4 is 9.84 Å². The van der Waals surface area contributed by atoms with Gasteiger partial charge >= 0.3 is 0 Å². The highest BCUT2D eigenvalue weighted by atomic mass is 32.2. The Kier molecular flexibility index (Phi) is 5.93. The van der Waals surface area contributed by atoms with Gasteiger partial charge in [0, 0.05) is 12.3 Å². The van der Waals surface area contributed by atoms with Crippen molar-refractivity contribution in [3.05, 3.63) is 0 Å². The molecule has 1 rings (SSSR count). The number of sulfone groups is 1. The number of hydrogen-bond acceptors (Lipinski definition) is 3. The van der Waals surface area contributed by atoms with E-state index >= 15 is 0 Å². The minimum atomic E-state index is -2.78. The van der Waals surface area contributed by atoms with Crippen LogP contribution in [0, 0.1) is 5.41 Å². The maximum atomic E-state index is 11.3. The fraction of sp³-hybridized carbons (Fsp3) is 1.00. The second kappa shape index (κ2) is 6.74. The van der Waals surface area contributed by atoms with Crippen LogP contribution < -0.4 is 5.32 Å². The van der Waals surface area contributed by atoms with Crippen LogP contribution in [0.2, 0.25) is 0 Å². The van der Waals surface area contributed by atoms with Crippen molar-refractivity contribution in [1.82, 2.24) is 5.32 Å². The Balaban J connectivity index is 2.11. The zero-order valence-electron chi connectivity index (χ0n) is 11.3. The molecule has 0 radical (unpaired) electrons. The zero-order valence-corrected chi connectivity index (χ0v) is 12.1. The Bertz CT molecular complexity index is 305. The van der Waals surface area contributed by atoms with Gasteiger partial charge in [-0.2, -0.15) is 0 Å². The molecular weight excluding hydrogens is 234 g/mol. The smallest absolute Gasteiger partial charge is 0.150 e. The zero-order chi connectivity index (χ0) is 12.8. The molecule has 1 N–H and O–H groups in total. The molecule has 0 saturated heterocycles. The van der Waals surface area contributed by atoms with Gasteiger partial charge in [0.15, 0.2) is 0 Å². The quantitative estimate of drug-likeness (QED) is 0.716. The van der Waals surface area contributed by atoms with E-state index in [1.54, 1.807) is 6.92 Å². The molecule has 1 aliphatic rings. The first kappa shape index (κ1) is 15.0. The number of nitrogens with one attached hydrogen (secondary N) is 1. The summed E-state index contributed by atoms with van der Waals surface area (Å²) < 4.78 is 22.6. The Labute approximate surface area is 106 Å². The summed E-state index contributed by atoms with van der Waals surface area (Å²) in [6.45, 7) is 5.93. The molecule has 0 aliphatic heterocycles. The summed E-state index contributed by atoms with van der Waals surface area (Å²) in [6.07, 6.45) is 7.45. The standard InChI is InChI=1S/C13H27NO2S/c1-3-17(15,16)11-7-10-14-12-13(2)8-5-4-6-9-13/h14H,3-12H2,1-2H3. The fourth-order valence-corrected chi connectivity index (χ4v) is 3.41. The van der Waals surface area contributed by atoms with Crippen LogP contribution in [0.1, 0.15) is 52.4 Å². The van der Waals surface area contributed by atoms with Crippen molar-refractivity contribution in [2.45, 2.75) is 52.4 Å². The molecule has 17 heavy (non-hydrogen) atoms. The van der Waals surface area contributed by atoms with Crippen molar-refractivity contribution in [3.63, 3.8) is 0 Å². The molecule has 0 aromatic rings. The van der Waals surface area contributed by atoms with E-state index < -0.39 is 9.84 Å². The Hall–Kier alpha value is -0.0900. The van der Waals surface area contributed by atoms with Crippen molar-refractivity contribution < 1.29 is 8.42 Å². The summed E-state index contributed by atoms with van der Waals surface area (Å²) in [4.78, 5) is 0. The lowest BCUT2D eigenvalue weighted by Crippen LogP contribution is -2.34. The van der Waals surface area contributed by atoms with Crippen LogP contribution in [0.15, 0.2) is 0 Å². The molecular formula is C13H27NO2S. The van der Waals surface area contributed by atoms with Crippen LogP contribution in [-0.2, 0) is 9.84 Å². The molecule has 0 aromatic heterocycles. The first-order chi connectivity index (χ1) is 7.97. The first-order valence-corrected chi connectivity index (χ1v) is 8.71. The van der Waals surface area contributed by atoms with Gasteiger partial charge in [0.25, 0.3) is 0 Å². The van der Waals surface area contributed by atoms with Crippen LogP contribution in [0.3, 0.4) is 0 Å². The number of rotatable bonds is 7. The fourth-order valence-electron chi connectivity index (χ4n) is 2.53. The van der Waals surface area contributed by atoms with Crippen molar-refractivity contribution in [2.75, 3.05) is 24.6 Å². The van der Waals surface area contributed by atoms with Gasteiger partial charge in [0.05, 0.1) is 5.75 Å². The van der Waals surface area contributed by atoms with E-state index in [2.05, 4.69) is 12.2 Å². The minimum absolute atomic E-state index is 0.269. The summed E-state index contributed by atoms with van der Waals surface area (Å²) >= 11 is 0. The molecule has 1 aliphatic carbocycles. The maximum absolute atomic E-state index is 11.3. The predicted molar refractivity (Wildman–Crippen MR) is 73.0 cm³/mol. The first-order valence-electron chi connectivity index (χ1n) is 6.89. The molecule has 0 heterocycles. The summed E-state index contributed by atoms with van der Waals surface area (Å²) in [6, 6.07) is 0. The Morgan fingerprint density at radius 1 is 1.18 bits per heavy atom. The van der Waals surface area contributed by atoms with E-state index in [0.29, 0.717) is 11.2 Å². The molecule has 4 heteroatoms.